The summed E-state index contributed by atoms with van der Waals surface area (Å²) in [5, 5.41) is 0. The molecular formula is C12H18. The van der Waals surface area contributed by atoms with Crippen molar-refractivity contribution in [2.24, 2.45) is 5.92 Å². The van der Waals surface area contributed by atoms with Crippen LogP contribution in [-0.4, -0.2) is 0 Å². The molecule has 0 aromatic heterocycles. The zero-order valence-corrected chi connectivity index (χ0v) is 8.52. The molecule has 0 aromatic rings. The first-order valence-electron chi connectivity index (χ1n) is 4.64. The van der Waals surface area contributed by atoms with Gasteiger partial charge in [0.2, 0.25) is 0 Å². The highest BCUT2D eigenvalue weighted by Gasteiger charge is 1.99. The standard InChI is InChI=1S/C10H12.C2H6/c1-3-4-10-7-5-9(2)6-8-10;1-2/h5,7-9H,6H2,1-2H3;1-2H3. The minimum absolute atomic E-state index is 0.697. The minimum atomic E-state index is 0.697. The fourth-order valence-electron chi connectivity index (χ4n) is 0.964. The van der Waals surface area contributed by atoms with Crippen LogP contribution < -0.4 is 0 Å². The predicted molar refractivity (Wildman–Crippen MR) is 55.8 cm³/mol. The summed E-state index contributed by atoms with van der Waals surface area (Å²) >= 11 is 0. The van der Waals surface area contributed by atoms with Crippen molar-refractivity contribution < 1.29 is 0 Å². The summed E-state index contributed by atoms with van der Waals surface area (Å²) in [4.78, 5) is 0. The Labute approximate surface area is 76.4 Å². The maximum absolute atomic E-state index is 3.03. The van der Waals surface area contributed by atoms with E-state index in [2.05, 4.69) is 37.0 Å². The lowest BCUT2D eigenvalue weighted by Crippen LogP contribution is -1.92. The third kappa shape index (κ3) is 4.03. The molecular weight excluding hydrogens is 144 g/mol. The van der Waals surface area contributed by atoms with Crippen LogP contribution in [0.5, 0.6) is 0 Å². The van der Waals surface area contributed by atoms with E-state index >= 15 is 0 Å². The molecule has 0 heteroatoms. The summed E-state index contributed by atoms with van der Waals surface area (Å²) in [6.07, 6.45) is 7.64. The van der Waals surface area contributed by atoms with Crippen molar-refractivity contribution in [3.63, 3.8) is 0 Å². The van der Waals surface area contributed by atoms with Gasteiger partial charge in [-0.2, -0.15) is 0 Å². The molecule has 12 heavy (non-hydrogen) atoms. The van der Waals surface area contributed by atoms with Crippen LogP contribution >= 0.6 is 0 Å². The van der Waals surface area contributed by atoms with Gasteiger partial charge in [-0.05, 0) is 19.3 Å². The quantitative estimate of drug-likeness (QED) is 0.478. The summed E-state index contributed by atoms with van der Waals surface area (Å²) in [5.74, 6) is 6.61. The Morgan fingerprint density at radius 1 is 1.42 bits per heavy atom. The van der Waals surface area contributed by atoms with E-state index in [1.54, 1.807) is 0 Å². The summed E-state index contributed by atoms with van der Waals surface area (Å²) in [6.45, 7) is 8.08. The van der Waals surface area contributed by atoms with Gasteiger partial charge in [-0.25, -0.2) is 0 Å². The molecule has 0 radical (unpaired) electrons. The molecule has 66 valence electrons. The number of allylic oxidation sites excluding steroid dienone is 4. The second kappa shape index (κ2) is 6.73. The Hall–Kier alpha value is -0.960. The van der Waals surface area contributed by atoms with E-state index in [1.807, 2.05) is 20.8 Å². The monoisotopic (exact) mass is 162 g/mol. The maximum atomic E-state index is 3.03. The van der Waals surface area contributed by atoms with Crippen LogP contribution in [0.25, 0.3) is 0 Å². The number of rotatable bonds is 0. The fraction of sp³-hybridized carbons (Fsp3) is 0.500. The van der Waals surface area contributed by atoms with E-state index in [1.165, 1.54) is 5.57 Å². The Bertz CT molecular complexity index is 220. The third-order valence-corrected chi connectivity index (χ3v) is 1.58. The van der Waals surface area contributed by atoms with E-state index < -0.39 is 0 Å². The van der Waals surface area contributed by atoms with Gasteiger partial charge in [-0.1, -0.05) is 44.9 Å². The smallest absolute Gasteiger partial charge is 0.0202 e. The van der Waals surface area contributed by atoms with Gasteiger partial charge in [0.05, 0.1) is 0 Å². The van der Waals surface area contributed by atoms with Gasteiger partial charge in [0.15, 0.2) is 0 Å². The highest BCUT2D eigenvalue weighted by atomic mass is 14.0. The maximum Gasteiger partial charge on any atom is 0.0202 e. The first kappa shape index (κ1) is 11.0. The van der Waals surface area contributed by atoms with Crippen molar-refractivity contribution in [1.29, 1.82) is 0 Å². The summed E-state index contributed by atoms with van der Waals surface area (Å²) < 4.78 is 0. The first-order chi connectivity index (χ1) is 5.83. The number of hydrogen-bond donors (Lipinski definition) is 0. The lowest BCUT2D eigenvalue weighted by molar-refractivity contribution is 0.734. The Morgan fingerprint density at radius 2 is 2.08 bits per heavy atom. The van der Waals surface area contributed by atoms with Crippen molar-refractivity contribution in [3.05, 3.63) is 23.8 Å². The van der Waals surface area contributed by atoms with E-state index in [9.17, 15) is 0 Å². The fourth-order valence-corrected chi connectivity index (χ4v) is 0.964. The van der Waals surface area contributed by atoms with Gasteiger partial charge in [0.1, 0.15) is 0 Å². The lowest BCUT2D eigenvalue weighted by Gasteiger charge is -2.06. The zero-order valence-electron chi connectivity index (χ0n) is 8.52. The second-order valence-electron chi connectivity index (χ2n) is 2.61. The van der Waals surface area contributed by atoms with Crippen molar-refractivity contribution in [2.75, 3.05) is 0 Å². The van der Waals surface area contributed by atoms with E-state index in [-0.39, 0.29) is 0 Å². The molecule has 1 atom stereocenters. The lowest BCUT2D eigenvalue weighted by atomic mass is 9.99. The topological polar surface area (TPSA) is 0 Å². The van der Waals surface area contributed by atoms with Crippen LogP contribution in [0, 0.1) is 17.8 Å². The van der Waals surface area contributed by atoms with Crippen LogP contribution in [0.4, 0.5) is 0 Å². The molecule has 1 rings (SSSR count). The zero-order chi connectivity index (χ0) is 9.40. The molecule has 0 heterocycles. The van der Waals surface area contributed by atoms with Crippen LogP contribution in [-0.2, 0) is 0 Å². The van der Waals surface area contributed by atoms with Crippen LogP contribution in [0.15, 0.2) is 23.8 Å². The van der Waals surface area contributed by atoms with Gasteiger partial charge >= 0.3 is 0 Å². The molecule has 0 nitrogen and oxygen atoms in total. The van der Waals surface area contributed by atoms with Crippen LogP contribution in [0.1, 0.15) is 34.1 Å². The Morgan fingerprint density at radius 3 is 2.50 bits per heavy atom. The van der Waals surface area contributed by atoms with Crippen molar-refractivity contribution >= 4 is 0 Å². The molecule has 0 saturated carbocycles. The van der Waals surface area contributed by atoms with Crippen LogP contribution in [0.2, 0.25) is 0 Å². The largest absolute Gasteiger partial charge is 0.101 e. The first-order valence-corrected chi connectivity index (χ1v) is 4.64. The summed E-state index contributed by atoms with van der Waals surface area (Å²) in [7, 11) is 0. The predicted octanol–water partition coefficient (Wildman–Crippen LogP) is 3.56. The summed E-state index contributed by atoms with van der Waals surface area (Å²) in [5.41, 5.74) is 1.17. The molecule has 1 aliphatic carbocycles. The molecule has 0 aliphatic heterocycles. The Balaban J connectivity index is 0.000000561. The Kier molecular flexibility index (Phi) is 6.19. The van der Waals surface area contributed by atoms with E-state index in [0.717, 1.165) is 6.42 Å². The van der Waals surface area contributed by atoms with Crippen molar-refractivity contribution in [1.82, 2.24) is 0 Å². The number of hydrogen-bond acceptors (Lipinski definition) is 0. The van der Waals surface area contributed by atoms with Gasteiger partial charge in [-0.15, -0.1) is 5.92 Å². The molecule has 0 amide bonds. The molecule has 0 fully saturated rings. The van der Waals surface area contributed by atoms with Crippen molar-refractivity contribution in [3.8, 4) is 11.8 Å². The molecule has 0 bridgehead atoms. The summed E-state index contributed by atoms with van der Waals surface area (Å²) in [6, 6.07) is 0. The van der Waals surface area contributed by atoms with Gasteiger partial charge in [-0.3, -0.25) is 0 Å². The normalized spacial score (nSPS) is 19.7. The van der Waals surface area contributed by atoms with E-state index in [4.69, 9.17) is 0 Å². The molecule has 1 unspecified atom stereocenters. The second-order valence-corrected chi connectivity index (χ2v) is 2.61. The molecule has 0 spiro atoms. The third-order valence-electron chi connectivity index (χ3n) is 1.58. The molecule has 0 saturated heterocycles. The molecule has 1 aliphatic rings. The SMILES string of the molecule is CC.CC#CC1=CCC(C)C=C1. The average Bonchev–Trinajstić information content (AvgIpc) is 2.13. The molecule has 0 N–H and O–H groups in total. The highest BCUT2D eigenvalue weighted by Crippen LogP contribution is 2.14. The molecule has 0 aromatic carbocycles. The van der Waals surface area contributed by atoms with Crippen molar-refractivity contribution in [2.45, 2.75) is 34.1 Å². The van der Waals surface area contributed by atoms with Crippen LogP contribution in [0.3, 0.4) is 0 Å². The average molecular weight is 162 g/mol. The minimum Gasteiger partial charge on any atom is -0.101 e. The highest BCUT2D eigenvalue weighted by molar-refractivity contribution is 5.39. The van der Waals surface area contributed by atoms with Gasteiger partial charge < -0.3 is 0 Å². The van der Waals surface area contributed by atoms with Gasteiger partial charge in [0, 0.05) is 5.57 Å². The van der Waals surface area contributed by atoms with E-state index in [0.29, 0.717) is 5.92 Å². The van der Waals surface area contributed by atoms with Gasteiger partial charge in [0.25, 0.3) is 0 Å².